The maximum Gasteiger partial charge on any atom is 0.314 e. The molecule has 7 heteroatoms. The maximum atomic E-state index is 12.8. The molecule has 0 fully saturated rings. The predicted molar refractivity (Wildman–Crippen MR) is 111 cm³/mol. The van der Waals surface area contributed by atoms with Crippen LogP contribution in [-0.4, -0.2) is 30.3 Å². The van der Waals surface area contributed by atoms with E-state index >= 15 is 0 Å². The van der Waals surface area contributed by atoms with Gasteiger partial charge in [0, 0.05) is 6.07 Å². The van der Waals surface area contributed by atoms with Gasteiger partial charge in [0.05, 0.1) is 25.7 Å². The van der Waals surface area contributed by atoms with Crippen molar-refractivity contribution in [1.82, 2.24) is 10.1 Å². The first-order chi connectivity index (χ1) is 14.6. The second kappa shape index (κ2) is 9.91. The summed E-state index contributed by atoms with van der Waals surface area (Å²) >= 11 is 0. The molecule has 0 unspecified atom stereocenters. The molecule has 2 aromatic carbocycles. The zero-order chi connectivity index (χ0) is 21.5. The molecule has 0 saturated heterocycles. The highest BCUT2D eigenvalue weighted by atomic mass is 16.6. The lowest BCUT2D eigenvalue weighted by Gasteiger charge is -2.21. The quantitative estimate of drug-likeness (QED) is 0.476. The summed E-state index contributed by atoms with van der Waals surface area (Å²) in [5.41, 5.74) is 1.59. The predicted octanol–water partition coefficient (Wildman–Crippen LogP) is 4.63. The van der Waals surface area contributed by atoms with E-state index < -0.39 is 0 Å². The van der Waals surface area contributed by atoms with Crippen LogP contribution in [0.1, 0.15) is 37.6 Å². The van der Waals surface area contributed by atoms with Gasteiger partial charge in [-0.15, -0.1) is 0 Å². The summed E-state index contributed by atoms with van der Waals surface area (Å²) in [7, 11) is 3.14. The summed E-state index contributed by atoms with van der Waals surface area (Å²) in [6.45, 7) is 4.00. The Morgan fingerprint density at radius 1 is 1.10 bits per heavy atom. The van der Waals surface area contributed by atoms with E-state index in [1.165, 1.54) is 0 Å². The highest BCUT2D eigenvalue weighted by molar-refractivity contribution is 5.78. The molecular formula is C23H26N2O5. The topological polar surface area (TPSA) is 83.7 Å². The number of carbonyl (C=O) groups is 1. The zero-order valence-corrected chi connectivity index (χ0v) is 17.6. The second-order valence-corrected chi connectivity index (χ2v) is 6.96. The molecule has 1 heterocycles. The molecule has 1 aromatic heterocycles. The number of rotatable bonds is 9. The van der Waals surface area contributed by atoms with Crippen molar-refractivity contribution in [3.05, 3.63) is 60.0 Å². The van der Waals surface area contributed by atoms with E-state index in [4.69, 9.17) is 18.7 Å². The molecular weight excluding hydrogens is 384 g/mol. The normalized spacial score (nSPS) is 12.8. The molecule has 0 bridgehead atoms. The number of esters is 1. The molecule has 0 N–H and O–H groups in total. The van der Waals surface area contributed by atoms with Gasteiger partial charge in [-0.1, -0.05) is 55.8 Å². The molecule has 0 saturated carbocycles. The minimum Gasteiger partial charge on any atom is -0.497 e. The van der Waals surface area contributed by atoms with E-state index in [-0.39, 0.29) is 30.3 Å². The molecule has 0 amide bonds. The fraction of sp³-hybridized carbons (Fsp3) is 0.348. The number of benzene rings is 2. The molecule has 158 valence electrons. The van der Waals surface area contributed by atoms with Gasteiger partial charge in [-0.05, 0) is 23.6 Å². The van der Waals surface area contributed by atoms with Gasteiger partial charge in [0.15, 0.2) is 6.61 Å². The average Bonchev–Trinajstić information content (AvgIpc) is 3.26. The summed E-state index contributed by atoms with van der Waals surface area (Å²) in [5, 5.41) is 3.98. The number of ether oxygens (including phenoxy) is 3. The van der Waals surface area contributed by atoms with Crippen LogP contribution >= 0.6 is 0 Å². The van der Waals surface area contributed by atoms with Crippen molar-refractivity contribution in [3.8, 4) is 22.9 Å². The summed E-state index contributed by atoms with van der Waals surface area (Å²) < 4.78 is 21.4. The van der Waals surface area contributed by atoms with Gasteiger partial charge in [0.1, 0.15) is 11.5 Å². The molecule has 0 aliphatic rings. The Morgan fingerprint density at radius 3 is 2.53 bits per heavy atom. The molecule has 30 heavy (non-hydrogen) atoms. The number of aromatic nitrogens is 2. The van der Waals surface area contributed by atoms with Crippen molar-refractivity contribution in [2.45, 2.75) is 32.8 Å². The summed E-state index contributed by atoms with van der Waals surface area (Å²) in [6, 6.07) is 15.0. The Hall–Kier alpha value is -3.35. The molecule has 0 spiro atoms. The largest absolute Gasteiger partial charge is 0.497 e. The van der Waals surface area contributed by atoms with Gasteiger partial charge in [0.25, 0.3) is 5.89 Å². The fourth-order valence-corrected chi connectivity index (χ4v) is 3.22. The highest BCUT2D eigenvalue weighted by Gasteiger charge is 2.28. The van der Waals surface area contributed by atoms with E-state index in [2.05, 4.69) is 17.1 Å². The first kappa shape index (κ1) is 21.4. The van der Waals surface area contributed by atoms with Crippen molar-refractivity contribution in [2.75, 3.05) is 14.2 Å². The van der Waals surface area contributed by atoms with Crippen molar-refractivity contribution in [2.24, 2.45) is 5.92 Å². The van der Waals surface area contributed by atoms with E-state index in [1.807, 2.05) is 37.3 Å². The Balaban J connectivity index is 1.72. The standard InChI is InChI=1S/C23H26N2O5/c1-5-15(2)21(16-9-7-6-8-10-16)23(26)29-14-20-24-22(25-30-20)18-12-11-17(27-3)13-19(18)28-4/h6-13,15,21H,5,14H2,1-4H3/t15-,21+/m0/s1. The van der Waals surface area contributed by atoms with E-state index in [0.717, 1.165) is 12.0 Å². The van der Waals surface area contributed by atoms with Gasteiger partial charge in [-0.25, -0.2) is 0 Å². The summed E-state index contributed by atoms with van der Waals surface area (Å²) in [5.74, 6) is 1.26. The molecule has 3 rings (SSSR count). The van der Waals surface area contributed by atoms with Gasteiger partial charge in [0.2, 0.25) is 5.82 Å². The fourth-order valence-electron chi connectivity index (χ4n) is 3.22. The second-order valence-electron chi connectivity index (χ2n) is 6.96. The van der Waals surface area contributed by atoms with Crippen LogP contribution in [0.25, 0.3) is 11.4 Å². The average molecular weight is 410 g/mol. The molecule has 0 aliphatic heterocycles. The number of methoxy groups -OCH3 is 2. The van der Waals surface area contributed by atoms with Crippen LogP contribution in [0.2, 0.25) is 0 Å². The molecule has 3 aromatic rings. The van der Waals surface area contributed by atoms with Crippen molar-refractivity contribution >= 4 is 5.97 Å². The molecule has 0 aliphatic carbocycles. The third-order valence-corrected chi connectivity index (χ3v) is 5.08. The monoisotopic (exact) mass is 410 g/mol. The lowest BCUT2D eigenvalue weighted by atomic mass is 9.86. The van der Waals surface area contributed by atoms with Crippen LogP contribution in [0.5, 0.6) is 11.5 Å². The minimum absolute atomic E-state index is 0.0932. The van der Waals surface area contributed by atoms with Crippen LogP contribution < -0.4 is 9.47 Å². The van der Waals surface area contributed by atoms with E-state index in [1.54, 1.807) is 32.4 Å². The Bertz CT molecular complexity index is 971. The first-order valence-corrected chi connectivity index (χ1v) is 9.83. The smallest absolute Gasteiger partial charge is 0.314 e. The Kier molecular flexibility index (Phi) is 7.06. The van der Waals surface area contributed by atoms with Crippen molar-refractivity contribution < 1.29 is 23.5 Å². The molecule has 0 radical (unpaired) electrons. The number of hydrogen-bond donors (Lipinski definition) is 0. The third kappa shape index (κ3) is 4.79. The molecule has 7 nitrogen and oxygen atoms in total. The first-order valence-electron chi connectivity index (χ1n) is 9.83. The lowest BCUT2D eigenvalue weighted by Crippen LogP contribution is -2.22. The number of hydrogen-bond acceptors (Lipinski definition) is 7. The van der Waals surface area contributed by atoms with Crippen LogP contribution in [0.15, 0.2) is 53.1 Å². The van der Waals surface area contributed by atoms with Gasteiger partial charge >= 0.3 is 5.97 Å². The van der Waals surface area contributed by atoms with Gasteiger partial charge < -0.3 is 18.7 Å². The van der Waals surface area contributed by atoms with Crippen molar-refractivity contribution in [3.63, 3.8) is 0 Å². The minimum atomic E-state index is -0.347. The maximum absolute atomic E-state index is 12.8. The van der Waals surface area contributed by atoms with Gasteiger partial charge in [-0.2, -0.15) is 4.98 Å². The summed E-state index contributed by atoms with van der Waals surface area (Å²) in [6.07, 6.45) is 0.858. The summed E-state index contributed by atoms with van der Waals surface area (Å²) in [4.78, 5) is 17.2. The SMILES string of the molecule is CC[C@H](C)[C@@H](C(=O)OCc1nc(-c2ccc(OC)cc2OC)no1)c1ccccc1. The Morgan fingerprint density at radius 2 is 1.87 bits per heavy atom. The van der Waals surface area contributed by atoms with Gasteiger partial charge in [-0.3, -0.25) is 4.79 Å². The number of nitrogens with zero attached hydrogens (tertiary/aromatic N) is 2. The Labute approximate surface area is 176 Å². The van der Waals surface area contributed by atoms with E-state index in [0.29, 0.717) is 22.9 Å². The third-order valence-electron chi connectivity index (χ3n) is 5.08. The van der Waals surface area contributed by atoms with Crippen molar-refractivity contribution in [1.29, 1.82) is 0 Å². The van der Waals surface area contributed by atoms with Crippen LogP contribution in [-0.2, 0) is 16.1 Å². The number of carbonyl (C=O) groups excluding carboxylic acids is 1. The van der Waals surface area contributed by atoms with E-state index in [9.17, 15) is 4.79 Å². The lowest BCUT2D eigenvalue weighted by molar-refractivity contribution is -0.149. The van der Waals surface area contributed by atoms with Crippen LogP contribution in [0, 0.1) is 5.92 Å². The highest BCUT2D eigenvalue weighted by Crippen LogP contribution is 2.32. The van der Waals surface area contributed by atoms with Crippen LogP contribution in [0.3, 0.4) is 0 Å². The van der Waals surface area contributed by atoms with Crippen LogP contribution in [0.4, 0.5) is 0 Å². The molecule has 2 atom stereocenters. The zero-order valence-electron chi connectivity index (χ0n) is 17.6.